The van der Waals surface area contributed by atoms with Crippen LogP contribution in [-0.4, -0.2) is 28.2 Å². The second kappa shape index (κ2) is 7.20. The van der Waals surface area contributed by atoms with Gasteiger partial charge in [0, 0.05) is 22.5 Å². The lowest BCUT2D eigenvalue weighted by atomic mass is 9.96. The predicted molar refractivity (Wildman–Crippen MR) is 95.7 cm³/mol. The average molecular weight is 378 g/mol. The second-order valence-corrected chi connectivity index (χ2v) is 7.09. The van der Waals surface area contributed by atoms with Gasteiger partial charge in [0.05, 0.1) is 11.8 Å². The van der Waals surface area contributed by atoms with Gasteiger partial charge in [0.15, 0.2) is 0 Å². The van der Waals surface area contributed by atoms with E-state index in [1.165, 1.54) is 0 Å². The standard InChI is InChI=1S/C18H17Cl2N3O2/c19-15-2-1-13(16(20)9-15)10-23-6-3-12(4-7-23)17-21-22-18(25-17)14-5-8-24-11-14/h1-2,5,8-9,11-12H,3-4,6-7,10H2. The van der Waals surface area contributed by atoms with E-state index in [0.29, 0.717) is 22.7 Å². The summed E-state index contributed by atoms with van der Waals surface area (Å²) in [5, 5.41) is 9.72. The molecular weight excluding hydrogens is 361 g/mol. The molecule has 7 heteroatoms. The molecule has 0 saturated carbocycles. The molecule has 1 aromatic carbocycles. The molecule has 1 aliphatic rings. The van der Waals surface area contributed by atoms with Crippen LogP contribution in [0.4, 0.5) is 0 Å². The Bertz CT molecular complexity index is 840. The Hall–Kier alpha value is -1.82. The Morgan fingerprint density at radius 1 is 1.12 bits per heavy atom. The fraction of sp³-hybridized carbons (Fsp3) is 0.333. The van der Waals surface area contributed by atoms with E-state index in [0.717, 1.165) is 48.6 Å². The van der Waals surface area contributed by atoms with E-state index in [1.807, 2.05) is 18.2 Å². The highest BCUT2D eigenvalue weighted by atomic mass is 35.5. The lowest BCUT2D eigenvalue weighted by molar-refractivity contribution is 0.193. The molecule has 5 nitrogen and oxygen atoms in total. The molecule has 1 fully saturated rings. The third-order valence-electron chi connectivity index (χ3n) is 4.55. The number of piperidine rings is 1. The van der Waals surface area contributed by atoms with Crippen molar-refractivity contribution in [1.82, 2.24) is 15.1 Å². The summed E-state index contributed by atoms with van der Waals surface area (Å²) in [5.74, 6) is 1.52. The van der Waals surface area contributed by atoms with Gasteiger partial charge < -0.3 is 8.83 Å². The zero-order valence-electron chi connectivity index (χ0n) is 13.5. The highest BCUT2D eigenvalue weighted by Gasteiger charge is 2.25. The molecule has 0 spiro atoms. The average Bonchev–Trinajstić information content (AvgIpc) is 3.29. The smallest absolute Gasteiger partial charge is 0.250 e. The molecule has 25 heavy (non-hydrogen) atoms. The number of hydrogen-bond acceptors (Lipinski definition) is 5. The van der Waals surface area contributed by atoms with Crippen molar-refractivity contribution in [3.05, 3.63) is 58.3 Å². The summed E-state index contributed by atoms with van der Waals surface area (Å²) in [7, 11) is 0. The van der Waals surface area contributed by atoms with Crippen molar-refractivity contribution in [2.75, 3.05) is 13.1 Å². The quantitative estimate of drug-likeness (QED) is 0.638. The third-order valence-corrected chi connectivity index (χ3v) is 5.14. The SMILES string of the molecule is Clc1ccc(CN2CCC(c3nnc(-c4ccoc4)o3)CC2)c(Cl)c1. The molecule has 0 radical (unpaired) electrons. The summed E-state index contributed by atoms with van der Waals surface area (Å²) in [6.45, 7) is 2.76. The van der Waals surface area contributed by atoms with Crippen LogP contribution in [0.1, 0.15) is 30.2 Å². The van der Waals surface area contributed by atoms with Crippen LogP contribution in [0, 0.1) is 0 Å². The number of nitrogens with zero attached hydrogens (tertiary/aromatic N) is 3. The van der Waals surface area contributed by atoms with Crippen molar-refractivity contribution in [2.24, 2.45) is 0 Å². The van der Waals surface area contributed by atoms with Gasteiger partial charge in [0.25, 0.3) is 5.89 Å². The zero-order chi connectivity index (χ0) is 17.2. The molecule has 0 amide bonds. The first-order chi connectivity index (χ1) is 12.2. The van der Waals surface area contributed by atoms with Crippen LogP contribution in [0.3, 0.4) is 0 Å². The first-order valence-electron chi connectivity index (χ1n) is 8.21. The second-order valence-electron chi connectivity index (χ2n) is 6.24. The molecule has 0 aliphatic carbocycles. The van der Waals surface area contributed by atoms with Gasteiger partial charge in [-0.05, 0) is 49.7 Å². The lowest BCUT2D eigenvalue weighted by Crippen LogP contribution is -2.32. The first-order valence-corrected chi connectivity index (χ1v) is 8.97. The minimum absolute atomic E-state index is 0.296. The molecule has 3 heterocycles. The number of rotatable bonds is 4. The lowest BCUT2D eigenvalue weighted by Gasteiger charge is -2.30. The van der Waals surface area contributed by atoms with Gasteiger partial charge in [-0.3, -0.25) is 4.90 Å². The number of hydrogen-bond donors (Lipinski definition) is 0. The van der Waals surface area contributed by atoms with E-state index in [2.05, 4.69) is 15.1 Å². The van der Waals surface area contributed by atoms with Crippen molar-refractivity contribution >= 4 is 23.2 Å². The molecular formula is C18H17Cl2N3O2. The van der Waals surface area contributed by atoms with Gasteiger partial charge in [0.1, 0.15) is 6.26 Å². The summed E-state index contributed by atoms with van der Waals surface area (Å²) in [6.07, 6.45) is 5.17. The fourth-order valence-electron chi connectivity index (χ4n) is 3.13. The van der Waals surface area contributed by atoms with Gasteiger partial charge >= 0.3 is 0 Å². The largest absolute Gasteiger partial charge is 0.472 e. The van der Waals surface area contributed by atoms with E-state index < -0.39 is 0 Å². The molecule has 2 aromatic heterocycles. The topological polar surface area (TPSA) is 55.3 Å². The molecule has 0 unspecified atom stereocenters. The Morgan fingerprint density at radius 3 is 2.68 bits per heavy atom. The molecule has 1 saturated heterocycles. The monoisotopic (exact) mass is 377 g/mol. The van der Waals surface area contributed by atoms with Gasteiger partial charge in [-0.2, -0.15) is 0 Å². The van der Waals surface area contributed by atoms with E-state index in [-0.39, 0.29) is 0 Å². The van der Waals surface area contributed by atoms with Gasteiger partial charge in [-0.25, -0.2) is 0 Å². The van der Waals surface area contributed by atoms with Crippen molar-refractivity contribution < 1.29 is 8.83 Å². The van der Waals surface area contributed by atoms with Crippen LogP contribution >= 0.6 is 23.2 Å². The Labute approximate surface area is 155 Å². The number of aromatic nitrogens is 2. The Balaban J connectivity index is 1.37. The minimum Gasteiger partial charge on any atom is -0.472 e. The third kappa shape index (κ3) is 3.73. The number of halogens is 2. The Kier molecular flexibility index (Phi) is 4.79. The number of likely N-dealkylation sites (tertiary alicyclic amines) is 1. The maximum absolute atomic E-state index is 6.27. The highest BCUT2D eigenvalue weighted by Crippen LogP contribution is 2.31. The molecule has 130 valence electrons. The van der Waals surface area contributed by atoms with Crippen molar-refractivity contribution in [3.8, 4) is 11.5 Å². The van der Waals surface area contributed by atoms with Gasteiger partial charge in [-0.15, -0.1) is 10.2 Å². The zero-order valence-corrected chi connectivity index (χ0v) is 15.0. The molecule has 4 rings (SSSR count). The van der Waals surface area contributed by atoms with Gasteiger partial charge in [0.2, 0.25) is 5.89 Å². The van der Waals surface area contributed by atoms with Crippen molar-refractivity contribution in [1.29, 1.82) is 0 Å². The fourth-order valence-corrected chi connectivity index (χ4v) is 3.60. The van der Waals surface area contributed by atoms with Crippen molar-refractivity contribution in [3.63, 3.8) is 0 Å². The number of furan rings is 1. The van der Waals surface area contributed by atoms with Crippen molar-refractivity contribution in [2.45, 2.75) is 25.3 Å². The highest BCUT2D eigenvalue weighted by molar-refractivity contribution is 6.35. The van der Waals surface area contributed by atoms with E-state index >= 15 is 0 Å². The molecule has 3 aromatic rings. The van der Waals surface area contributed by atoms with Crippen LogP contribution < -0.4 is 0 Å². The van der Waals surface area contributed by atoms with Crippen LogP contribution in [0.5, 0.6) is 0 Å². The van der Waals surface area contributed by atoms with E-state index in [4.69, 9.17) is 32.0 Å². The summed E-state index contributed by atoms with van der Waals surface area (Å²) in [5.41, 5.74) is 1.91. The number of benzene rings is 1. The van der Waals surface area contributed by atoms with E-state index in [9.17, 15) is 0 Å². The molecule has 0 bridgehead atoms. The maximum atomic E-state index is 6.27. The normalized spacial score (nSPS) is 16.4. The van der Waals surface area contributed by atoms with Gasteiger partial charge in [-0.1, -0.05) is 29.3 Å². The Morgan fingerprint density at radius 2 is 1.96 bits per heavy atom. The summed E-state index contributed by atoms with van der Waals surface area (Å²) >= 11 is 12.2. The van der Waals surface area contributed by atoms with Crippen LogP contribution in [0.15, 0.2) is 45.6 Å². The minimum atomic E-state index is 0.296. The molecule has 0 N–H and O–H groups in total. The molecule has 1 aliphatic heterocycles. The molecule has 0 atom stereocenters. The predicted octanol–water partition coefficient (Wildman–Crippen LogP) is 5.02. The van der Waals surface area contributed by atoms with E-state index in [1.54, 1.807) is 18.6 Å². The van der Waals surface area contributed by atoms with Crippen LogP contribution in [0.25, 0.3) is 11.5 Å². The maximum Gasteiger partial charge on any atom is 0.250 e. The summed E-state index contributed by atoms with van der Waals surface area (Å²) in [4.78, 5) is 2.39. The first kappa shape index (κ1) is 16.6. The summed E-state index contributed by atoms with van der Waals surface area (Å²) < 4.78 is 10.9. The summed E-state index contributed by atoms with van der Waals surface area (Å²) in [6, 6.07) is 7.48. The van der Waals surface area contributed by atoms with Crippen LogP contribution in [-0.2, 0) is 6.54 Å². The van der Waals surface area contributed by atoms with Crippen LogP contribution in [0.2, 0.25) is 10.0 Å².